The van der Waals surface area contributed by atoms with Crippen LogP contribution in [0.3, 0.4) is 0 Å². The van der Waals surface area contributed by atoms with Gasteiger partial charge in [-0.1, -0.05) is 30.3 Å². The molecule has 0 saturated carbocycles. The number of aromatic nitrogens is 2. The van der Waals surface area contributed by atoms with Gasteiger partial charge in [0.1, 0.15) is 18.0 Å². The van der Waals surface area contributed by atoms with Gasteiger partial charge in [-0.15, -0.1) is 0 Å². The van der Waals surface area contributed by atoms with Crippen LogP contribution in [-0.4, -0.2) is 56.5 Å². The third kappa shape index (κ3) is 4.26. The Morgan fingerprint density at radius 3 is 2.59 bits per heavy atom. The average molecular weight is 410 g/mol. The molecule has 2 heterocycles. The van der Waals surface area contributed by atoms with Crippen molar-refractivity contribution < 1.29 is 28.5 Å². The van der Waals surface area contributed by atoms with Crippen molar-refractivity contribution in [3.8, 4) is 0 Å². The SMILES string of the molecule is NC(=O)[C@H](Cc1ccccc1)Nc1ccn([C@@H]2O[C@H](CO)[C@@H](O)C2(F)F)c(=O)n1. The standard InChI is InChI=1S/C18H20F2N4O5/c19-18(20)14(26)12(9-25)29-16(18)24-7-6-13(23-17(24)28)22-11(15(21)27)8-10-4-2-1-3-5-10/h1-7,11-12,14,16,25-26H,8-9H2,(H2,21,27)(H,22,23,28)/t11-,12+,14+,16+/m0/s1. The summed E-state index contributed by atoms with van der Waals surface area (Å²) in [5.41, 5.74) is 5.13. The van der Waals surface area contributed by atoms with E-state index in [1.807, 2.05) is 6.07 Å². The molecule has 4 atom stereocenters. The van der Waals surface area contributed by atoms with E-state index in [1.165, 1.54) is 6.07 Å². The zero-order chi connectivity index (χ0) is 21.2. The lowest BCUT2D eigenvalue weighted by atomic mass is 10.1. The van der Waals surface area contributed by atoms with Crippen LogP contribution in [0.15, 0.2) is 47.4 Å². The second-order valence-electron chi connectivity index (χ2n) is 6.62. The van der Waals surface area contributed by atoms with Crippen LogP contribution in [0.25, 0.3) is 0 Å². The Morgan fingerprint density at radius 1 is 1.34 bits per heavy atom. The van der Waals surface area contributed by atoms with Crippen molar-refractivity contribution in [3.63, 3.8) is 0 Å². The van der Waals surface area contributed by atoms with Crippen LogP contribution >= 0.6 is 0 Å². The maximum Gasteiger partial charge on any atom is 0.351 e. The maximum atomic E-state index is 14.2. The van der Waals surface area contributed by atoms with E-state index in [9.17, 15) is 23.5 Å². The van der Waals surface area contributed by atoms with E-state index in [-0.39, 0.29) is 12.2 Å². The molecule has 9 nitrogen and oxygen atoms in total. The molecule has 0 unspecified atom stereocenters. The first-order valence-corrected chi connectivity index (χ1v) is 8.75. The van der Waals surface area contributed by atoms with Crippen LogP contribution in [0.2, 0.25) is 0 Å². The zero-order valence-corrected chi connectivity index (χ0v) is 15.1. The fourth-order valence-electron chi connectivity index (χ4n) is 3.04. The van der Waals surface area contributed by atoms with Gasteiger partial charge in [0, 0.05) is 12.6 Å². The fraction of sp³-hybridized carbons (Fsp3) is 0.389. The van der Waals surface area contributed by atoms with Crippen molar-refractivity contribution in [1.29, 1.82) is 0 Å². The van der Waals surface area contributed by atoms with Gasteiger partial charge in [-0.05, 0) is 11.6 Å². The quantitative estimate of drug-likeness (QED) is 0.489. The lowest BCUT2D eigenvalue weighted by Crippen LogP contribution is -2.42. The van der Waals surface area contributed by atoms with Crippen LogP contribution in [0.5, 0.6) is 0 Å². The number of nitrogens with zero attached hydrogens (tertiary/aromatic N) is 2. The molecule has 156 valence electrons. The predicted octanol–water partition coefficient (Wildman–Crippen LogP) is -0.362. The summed E-state index contributed by atoms with van der Waals surface area (Å²) >= 11 is 0. The molecule has 1 fully saturated rings. The highest BCUT2D eigenvalue weighted by atomic mass is 19.3. The van der Waals surface area contributed by atoms with Crippen LogP contribution in [0.4, 0.5) is 14.6 Å². The normalized spacial score (nSPS) is 24.2. The number of hydrogen-bond donors (Lipinski definition) is 4. The van der Waals surface area contributed by atoms with E-state index in [0.29, 0.717) is 4.57 Å². The Labute approximate surface area is 163 Å². The van der Waals surface area contributed by atoms with E-state index in [2.05, 4.69) is 10.3 Å². The molecular formula is C18H20F2N4O5. The molecule has 1 aliphatic rings. The number of primary amides is 1. The summed E-state index contributed by atoms with van der Waals surface area (Å²) < 4.78 is 33.9. The van der Waals surface area contributed by atoms with Gasteiger partial charge in [0.15, 0.2) is 6.10 Å². The Balaban J connectivity index is 1.80. The first-order valence-electron chi connectivity index (χ1n) is 8.75. The van der Waals surface area contributed by atoms with E-state index < -0.39 is 48.6 Å². The maximum absolute atomic E-state index is 14.2. The molecule has 0 spiro atoms. The number of rotatable bonds is 7. The molecule has 1 saturated heterocycles. The number of carbonyl (C=O) groups is 1. The smallest absolute Gasteiger partial charge is 0.351 e. The van der Waals surface area contributed by atoms with Crippen LogP contribution in [-0.2, 0) is 16.0 Å². The number of benzene rings is 1. The Morgan fingerprint density at radius 2 is 2.03 bits per heavy atom. The molecule has 1 aromatic heterocycles. The van der Waals surface area contributed by atoms with Gasteiger partial charge in [0.2, 0.25) is 12.1 Å². The molecule has 3 rings (SSSR count). The van der Waals surface area contributed by atoms with Crippen molar-refractivity contribution in [3.05, 3.63) is 58.6 Å². The van der Waals surface area contributed by atoms with Crippen molar-refractivity contribution in [2.75, 3.05) is 11.9 Å². The molecule has 2 aromatic rings. The second kappa shape index (κ2) is 8.23. The van der Waals surface area contributed by atoms with Gasteiger partial charge in [-0.2, -0.15) is 13.8 Å². The second-order valence-corrected chi connectivity index (χ2v) is 6.62. The number of anilines is 1. The number of hydrogen-bond acceptors (Lipinski definition) is 7. The number of nitrogens with one attached hydrogen (secondary N) is 1. The number of nitrogens with two attached hydrogens (primary N) is 1. The van der Waals surface area contributed by atoms with E-state index >= 15 is 0 Å². The molecular weight excluding hydrogens is 390 g/mol. The Bertz CT molecular complexity index is 924. The molecule has 1 amide bonds. The van der Waals surface area contributed by atoms with E-state index in [1.54, 1.807) is 24.3 Å². The van der Waals surface area contributed by atoms with Crippen molar-refractivity contribution in [2.24, 2.45) is 5.73 Å². The molecule has 0 aliphatic carbocycles. The lowest BCUT2D eigenvalue weighted by Gasteiger charge is -2.21. The largest absolute Gasteiger partial charge is 0.394 e. The minimum atomic E-state index is -3.81. The summed E-state index contributed by atoms with van der Waals surface area (Å²) in [4.78, 5) is 27.7. The minimum Gasteiger partial charge on any atom is -0.394 e. The van der Waals surface area contributed by atoms with Crippen molar-refractivity contribution >= 4 is 11.7 Å². The number of carbonyl (C=O) groups excluding carboxylic acids is 1. The summed E-state index contributed by atoms with van der Waals surface area (Å²) in [6, 6.07) is 9.32. The van der Waals surface area contributed by atoms with Crippen LogP contribution < -0.4 is 16.7 Å². The third-order valence-corrected chi connectivity index (χ3v) is 4.59. The first-order chi connectivity index (χ1) is 13.7. The lowest BCUT2D eigenvalue weighted by molar-refractivity contribution is -0.140. The summed E-state index contributed by atoms with van der Waals surface area (Å²) in [5.74, 6) is -4.53. The molecule has 11 heteroatoms. The highest BCUT2D eigenvalue weighted by Gasteiger charge is 2.59. The topological polar surface area (TPSA) is 140 Å². The number of amides is 1. The van der Waals surface area contributed by atoms with Crippen LogP contribution in [0.1, 0.15) is 11.8 Å². The summed E-state index contributed by atoms with van der Waals surface area (Å²) in [5, 5.41) is 21.3. The van der Waals surface area contributed by atoms with Crippen molar-refractivity contribution in [2.45, 2.75) is 36.8 Å². The fourth-order valence-corrected chi connectivity index (χ4v) is 3.04. The molecule has 0 bridgehead atoms. The molecule has 0 radical (unpaired) electrons. The minimum absolute atomic E-state index is 0.0356. The predicted molar refractivity (Wildman–Crippen MR) is 97.2 cm³/mol. The number of aliphatic hydroxyl groups excluding tert-OH is 2. The first kappa shape index (κ1) is 20.8. The zero-order valence-electron chi connectivity index (χ0n) is 15.1. The van der Waals surface area contributed by atoms with Crippen LogP contribution in [0, 0.1) is 0 Å². The highest BCUT2D eigenvalue weighted by molar-refractivity contribution is 5.83. The van der Waals surface area contributed by atoms with Gasteiger partial charge in [-0.25, -0.2) is 4.79 Å². The van der Waals surface area contributed by atoms with Gasteiger partial charge >= 0.3 is 11.6 Å². The molecule has 5 N–H and O–H groups in total. The molecule has 1 aromatic carbocycles. The Kier molecular flexibility index (Phi) is 5.91. The number of aliphatic hydroxyl groups is 2. The molecule has 29 heavy (non-hydrogen) atoms. The summed E-state index contributed by atoms with van der Waals surface area (Å²) in [6.45, 7) is -0.838. The van der Waals surface area contributed by atoms with Gasteiger partial charge < -0.3 is 26.0 Å². The van der Waals surface area contributed by atoms with E-state index in [4.69, 9.17) is 15.6 Å². The highest BCUT2D eigenvalue weighted by Crippen LogP contribution is 2.41. The monoisotopic (exact) mass is 410 g/mol. The third-order valence-electron chi connectivity index (χ3n) is 4.59. The summed E-state index contributed by atoms with van der Waals surface area (Å²) in [7, 11) is 0. The number of halogens is 2. The van der Waals surface area contributed by atoms with E-state index in [0.717, 1.165) is 11.8 Å². The van der Waals surface area contributed by atoms with Gasteiger partial charge in [0.25, 0.3) is 0 Å². The van der Waals surface area contributed by atoms with Crippen molar-refractivity contribution in [1.82, 2.24) is 9.55 Å². The number of alkyl halides is 2. The van der Waals surface area contributed by atoms with Gasteiger partial charge in [-0.3, -0.25) is 9.36 Å². The van der Waals surface area contributed by atoms with Gasteiger partial charge in [0.05, 0.1) is 6.61 Å². The summed E-state index contributed by atoms with van der Waals surface area (Å²) in [6.07, 6.45) is -4.70. The average Bonchev–Trinajstić information content (AvgIpc) is 2.91. The number of ether oxygens (including phenoxy) is 1. The molecule has 1 aliphatic heterocycles. The Hall–Kier alpha value is -2.89.